The lowest BCUT2D eigenvalue weighted by molar-refractivity contribution is -0.192. The molecule has 0 unspecified atom stereocenters. The SMILES string of the molecule is O=C(O)C(F)(F)F.O=c1[nH][nH]cc1CCNc1cc(NCc2ccc(-n3cncn3)nc2)ncn1. The zero-order valence-corrected chi connectivity index (χ0v) is 17.8. The van der Waals surface area contributed by atoms with Crippen molar-refractivity contribution >= 4 is 17.6 Å². The molecule has 0 fully saturated rings. The second-order valence-electron chi connectivity index (χ2n) is 6.75. The van der Waals surface area contributed by atoms with E-state index >= 15 is 0 Å². The van der Waals surface area contributed by atoms with Gasteiger partial charge in [-0.05, 0) is 18.1 Å². The van der Waals surface area contributed by atoms with Gasteiger partial charge in [-0.1, -0.05) is 6.07 Å². The number of aliphatic carboxylic acids is 1. The molecule has 4 aromatic heterocycles. The summed E-state index contributed by atoms with van der Waals surface area (Å²) < 4.78 is 33.3. The van der Waals surface area contributed by atoms with Gasteiger partial charge >= 0.3 is 12.1 Å². The molecule has 13 nitrogen and oxygen atoms in total. The Labute approximate surface area is 194 Å². The monoisotopic (exact) mass is 492 g/mol. The van der Waals surface area contributed by atoms with Crippen LogP contribution in [0.15, 0.2) is 54.4 Å². The molecule has 0 radical (unpaired) electrons. The third kappa shape index (κ3) is 7.65. The fourth-order valence-electron chi connectivity index (χ4n) is 2.57. The van der Waals surface area contributed by atoms with Crippen molar-refractivity contribution < 1.29 is 23.1 Å². The second kappa shape index (κ2) is 11.4. The van der Waals surface area contributed by atoms with Crippen LogP contribution < -0.4 is 16.2 Å². The summed E-state index contributed by atoms with van der Waals surface area (Å²) in [6, 6.07) is 5.66. The number of nitrogens with zero attached hydrogens (tertiary/aromatic N) is 6. The third-order valence-electron chi connectivity index (χ3n) is 4.27. The smallest absolute Gasteiger partial charge is 0.475 e. The van der Waals surface area contributed by atoms with Crippen molar-refractivity contribution in [1.82, 2.24) is 39.9 Å². The van der Waals surface area contributed by atoms with Gasteiger partial charge in [0.05, 0.1) is 0 Å². The number of carboxylic acids is 1. The first kappa shape index (κ1) is 24.9. The van der Waals surface area contributed by atoms with Crippen LogP contribution in [-0.2, 0) is 17.8 Å². The second-order valence-corrected chi connectivity index (χ2v) is 6.75. The lowest BCUT2D eigenvalue weighted by atomic mass is 10.2. The molecule has 16 heteroatoms. The fourth-order valence-corrected chi connectivity index (χ4v) is 2.57. The maximum absolute atomic E-state index is 11.5. The van der Waals surface area contributed by atoms with Crippen molar-refractivity contribution in [2.75, 3.05) is 17.2 Å². The first-order valence-electron chi connectivity index (χ1n) is 9.87. The largest absolute Gasteiger partial charge is 0.490 e. The highest BCUT2D eigenvalue weighted by Crippen LogP contribution is 2.13. The van der Waals surface area contributed by atoms with Gasteiger partial charge in [-0.25, -0.2) is 29.4 Å². The van der Waals surface area contributed by atoms with E-state index in [9.17, 15) is 18.0 Å². The number of carbonyl (C=O) groups is 1. The Bertz CT molecular complexity index is 1270. The van der Waals surface area contributed by atoms with E-state index in [2.05, 4.69) is 45.9 Å². The van der Waals surface area contributed by atoms with E-state index in [1.54, 1.807) is 23.4 Å². The summed E-state index contributed by atoms with van der Waals surface area (Å²) in [5.41, 5.74) is 1.60. The van der Waals surface area contributed by atoms with Crippen molar-refractivity contribution in [3.05, 3.63) is 71.1 Å². The van der Waals surface area contributed by atoms with E-state index in [0.29, 0.717) is 42.5 Å². The molecule has 5 N–H and O–H groups in total. The standard InChI is InChI=1S/C17H18N10O.C2HF3O2/c28-17-13(8-24-26-17)3-4-19-14-5-15(23-10-22-14)20-6-12-1-2-16(21-7-12)27-11-18-9-25-27;3-2(4,5)1(6)7/h1-2,5,7-11H,3-4,6H2,(H2,24,26,28)(H2,19,20,22,23);(H,6,7). The maximum atomic E-state index is 11.5. The number of hydrogen-bond acceptors (Lipinski definition) is 9. The Morgan fingerprint density at radius 2 is 1.86 bits per heavy atom. The van der Waals surface area contributed by atoms with Crippen molar-refractivity contribution in [3.63, 3.8) is 0 Å². The normalized spacial score (nSPS) is 10.8. The molecule has 184 valence electrons. The van der Waals surface area contributed by atoms with Crippen LogP contribution in [-0.4, -0.2) is 63.7 Å². The number of halogens is 3. The minimum Gasteiger partial charge on any atom is -0.475 e. The zero-order valence-electron chi connectivity index (χ0n) is 17.8. The Morgan fingerprint density at radius 1 is 1.11 bits per heavy atom. The highest BCUT2D eigenvalue weighted by molar-refractivity contribution is 5.73. The third-order valence-corrected chi connectivity index (χ3v) is 4.27. The van der Waals surface area contributed by atoms with E-state index in [-0.39, 0.29) is 5.56 Å². The molecule has 0 aliphatic heterocycles. The first-order valence-corrected chi connectivity index (χ1v) is 9.87. The summed E-state index contributed by atoms with van der Waals surface area (Å²) in [5, 5.41) is 22.8. The number of carboxylic acid groups (broad SMARTS) is 1. The van der Waals surface area contributed by atoms with E-state index in [1.165, 1.54) is 12.7 Å². The Morgan fingerprint density at radius 3 is 2.43 bits per heavy atom. The minimum absolute atomic E-state index is 0.102. The predicted octanol–water partition coefficient (Wildman–Crippen LogP) is 1.37. The molecule has 0 aromatic carbocycles. The summed E-state index contributed by atoms with van der Waals surface area (Å²) in [5.74, 6) is -0.676. The molecule has 0 aliphatic carbocycles. The molecule has 0 amide bonds. The number of alkyl halides is 3. The van der Waals surface area contributed by atoms with Gasteiger partial charge in [-0.15, -0.1) is 0 Å². The number of aromatic nitrogens is 8. The van der Waals surface area contributed by atoms with Gasteiger partial charge in [0.1, 0.15) is 30.6 Å². The molecule has 0 aliphatic rings. The van der Waals surface area contributed by atoms with Crippen LogP contribution in [0, 0.1) is 0 Å². The number of nitrogens with one attached hydrogen (secondary N) is 4. The molecule has 4 heterocycles. The minimum atomic E-state index is -5.08. The molecular formula is C19H19F3N10O3. The molecule has 4 rings (SSSR count). The molecular weight excluding hydrogens is 473 g/mol. The summed E-state index contributed by atoms with van der Waals surface area (Å²) in [4.78, 5) is 37.0. The van der Waals surface area contributed by atoms with E-state index in [4.69, 9.17) is 9.90 Å². The maximum Gasteiger partial charge on any atom is 0.490 e. The Balaban J connectivity index is 0.000000429. The number of aromatic amines is 2. The molecule has 0 spiro atoms. The number of anilines is 2. The van der Waals surface area contributed by atoms with Crippen molar-refractivity contribution in [2.24, 2.45) is 0 Å². The van der Waals surface area contributed by atoms with Crippen LogP contribution in [0.25, 0.3) is 5.82 Å². The number of rotatable bonds is 8. The van der Waals surface area contributed by atoms with Gasteiger partial charge < -0.3 is 20.8 Å². The Hall–Kier alpha value is -4.76. The molecule has 0 saturated heterocycles. The van der Waals surface area contributed by atoms with Gasteiger partial charge in [0.15, 0.2) is 5.82 Å². The van der Waals surface area contributed by atoms with Crippen LogP contribution in [0.2, 0.25) is 0 Å². The molecule has 0 bridgehead atoms. The van der Waals surface area contributed by atoms with Gasteiger partial charge in [-0.3, -0.25) is 9.89 Å². The van der Waals surface area contributed by atoms with Gasteiger partial charge in [0.2, 0.25) is 0 Å². The summed E-state index contributed by atoms with van der Waals surface area (Å²) >= 11 is 0. The van der Waals surface area contributed by atoms with E-state index in [1.807, 2.05) is 18.2 Å². The van der Waals surface area contributed by atoms with E-state index < -0.39 is 12.1 Å². The van der Waals surface area contributed by atoms with Gasteiger partial charge in [0.25, 0.3) is 5.56 Å². The lowest BCUT2D eigenvalue weighted by Crippen LogP contribution is -2.21. The highest BCUT2D eigenvalue weighted by atomic mass is 19.4. The van der Waals surface area contributed by atoms with Crippen LogP contribution in [0.3, 0.4) is 0 Å². The zero-order chi connectivity index (χ0) is 25.3. The fraction of sp³-hybridized carbons (Fsp3) is 0.211. The molecule has 0 saturated carbocycles. The molecule has 35 heavy (non-hydrogen) atoms. The predicted molar refractivity (Wildman–Crippen MR) is 116 cm³/mol. The van der Waals surface area contributed by atoms with Gasteiger partial charge in [0, 0.05) is 37.1 Å². The average Bonchev–Trinajstić information content (AvgIpc) is 3.51. The van der Waals surface area contributed by atoms with Crippen LogP contribution >= 0.6 is 0 Å². The summed E-state index contributed by atoms with van der Waals surface area (Å²) in [7, 11) is 0. The lowest BCUT2D eigenvalue weighted by Gasteiger charge is -2.08. The van der Waals surface area contributed by atoms with Crippen LogP contribution in [0.1, 0.15) is 11.1 Å². The quantitative estimate of drug-likeness (QED) is 0.241. The van der Waals surface area contributed by atoms with Crippen molar-refractivity contribution in [1.29, 1.82) is 0 Å². The summed E-state index contributed by atoms with van der Waals surface area (Å²) in [6.45, 7) is 1.16. The molecule has 0 atom stereocenters. The van der Waals surface area contributed by atoms with Gasteiger partial charge in [-0.2, -0.15) is 18.3 Å². The Kier molecular flexibility index (Phi) is 8.10. The topological polar surface area (TPSA) is 179 Å². The van der Waals surface area contributed by atoms with Crippen molar-refractivity contribution in [3.8, 4) is 5.82 Å². The molecule has 4 aromatic rings. The highest BCUT2D eigenvalue weighted by Gasteiger charge is 2.38. The number of H-pyrrole nitrogens is 2. The first-order chi connectivity index (χ1) is 16.7. The summed E-state index contributed by atoms with van der Waals surface area (Å²) in [6.07, 6.45) is 3.50. The van der Waals surface area contributed by atoms with Crippen LogP contribution in [0.5, 0.6) is 0 Å². The average molecular weight is 492 g/mol. The van der Waals surface area contributed by atoms with E-state index in [0.717, 1.165) is 5.56 Å². The number of hydrogen-bond donors (Lipinski definition) is 5. The van der Waals surface area contributed by atoms with Crippen molar-refractivity contribution in [2.45, 2.75) is 19.1 Å². The van der Waals surface area contributed by atoms with Crippen LogP contribution in [0.4, 0.5) is 24.8 Å². The number of pyridine rings is 1.